The van der Waals surface area contributed by atoms with Gasteiger partial charge in [0.2, 0.25) is 0 Å². The lowest BCUT2D eigenvalue weighted by Crippen LogP contribution is -2.54. The predicted octanol–water partition coefficient (Wildman–Crippen LogP) is 4.12. The van der Waals surface area contributed by atoms with E-state index in [1.165, 1.54) is 0 Å². The van der Waals surface area contributed by atoms with Crippen molar-refractivity contribution in [1.82, 2.24) is 9.88 Å². The first-order valence-corrected chi connectivity index (χ1v) is 10.3. The van der Waals surface area contributed by atoms with Crippen molar-refractivity contribution in [2.75, 3.05) is 11.5 Å². The Morgan fingerprint density at radius 3 is 2.45 bits per heavy atom. The van der Waals surface area contributed by atoms with Gasteiger partial charge in [-0.1, -0.05) is 25.1 Å². The summed E-state index contributed by atoms with van der Waals surface area (Å²) in [5.41, 5.74) is 2.05. The van der Waals surface area contributed by atoms with Gasteiger partial charge in [0.1, 0.15) is 11.3 Å². The Balaban J connectivity index is 1.74. The number of amides is 4. The Labute approximate surface area is 179 Å². The molecule has 4 rings (SSSR count). The molecular weight excluding hydrogens is 394 g/mol. The van der Waals surface area contributed by atoms with Crippen molar-refractivity contribution in [2.45, 2.75) is 26.8 Å². The molecule has 7 heteroatoms. The normalized spacial score (nSPS) is 15.6. The van der Waals surface area contributed by atoms with Crippen LogP contribution in [-0.4, -0.2) is 29.0 Å². The van der Waals surface area contributed by atoms with Crippen LogP contribution in [0.1, 0.15) is 25.8 Å². The zero-order chi connectivity index (χ0) is 22.0. The van der Waals surface area contributed by atoms with Gasteiger partial charge in [-0.15, -0.1) is 0 Å². The van der Waals surface area contributed by atoms with E-state index in [-0.39, 0.29) is 5.57 Å². The van der Waals surface area contributed by atoms with E-state index in [4.69, 9.17) is 4.74 Å². The number of hydrogen-bond donors (Lipinski definition) is 1. The van der Waals surface area contributed by atoms with Gasteiger partial charge in [-0.3, -0.25) is 14.9 Å². The first-order valence-electron chi connectivity index (χ1n) is 10.3. The van der Waals surface area contributed by atoms with Crippen LogP contribution in [0.4, 0.5) is 10.5 Å². The van der Waals surface area contributed by atoms with Gasteiger partial charge in [0.25, 0.3) is 11.8 Å². The summed E-state index contributed by atoms with van der Waals surface area (Å²) < 4.78 is 7.51. The number of hydrogen-bond acceptors (Lipinski definition) is 4. The van der Waals surface area contributed by atoms with E-state index in [2.05, 4.69) is 16.8 Å². The zero-order valence-electron chi connectivity index (χ0n) is 17.4. The van der Waals surface area contributed by atoms with Crippen molar-refractivity contribution < 1.29 is 19.1 Å². The number of benzene rings is 2. The van der Waals surface area contributed by atoms with Crippen molar-refractivity contribution in [3.05, 3.63) is 65.9 Å². The van der Waals surface area contributed by atoms with E-state index < -0.39 is 17.8 Å². The molecule has 31 heavy (non-hydrogen) atoms. The summed E-state index contributed by atoms with van der Waals surface area (Å²) in [5, 5.41) is 3.21. The summed E-state index contributed by atoms with van der Waals surface area (Å²) in [7, 11) is 0. The highest BCUT2D eigenvalue weighted by molar-refractivity contribution is 6.39. The number of aryl methyl sites for hydroxylation is 1. The van der Waals surface area contributed by atoms with Crippen LogP contribution in [0, 0.1) is 0 Å². The lowest BCUT2D eigenvalue weighted by atomic mass is 10.1. The second-order valence-corrected chi connectivity index (χ2v) is 7.18. The second-order valence-electron chi connectivity index (χ2n) is 7.18. The topological polar surface area (TPSA) is 80.6 Å². The minimum absolute atomic E-state index is 0.0899. The maximum atomic E-state index is 13.2. The van der Waals surface area contributed by atoms with E-state index >= 15 is 0 Å². The van der Waals surface area contributed by atoms with Gasteiger partial charge in [0.05, 0.1) is 12.3 Å². The smallest absolute Gasteiger partial charge is 0.335 e. The van der Waals surface area contributed by atoms with Crippen molar-refractivity contribution in [2.24, 2.45) is 0 Å². The van der Waals surface area contributed by atoms with Crippen LogP contribution in [0.2, 0.25) is 0 Å². The van der Waals surface area contributed by atoms with Gasteiger partial charge in [0, 0.05) is 29.2 Å². The molecule has 0 atom stereocenters. The molecule has 1 N–H and O–H groups in total. The highest BCUT2D eigenvalue weighted by Crippen LogP contribution is 2.27. The molecule has 1 fully saturated rings. The number of imide groups is 2. The fraction of sp³-hybridized carbons (Fsp3) is 0.208. The van der Waals surface area contributed by atoms with Gasteiger partial charge in [0.15, 0.2) is 0 Å². The highest BCUT2D eigenvalue weighted by Gasteiger charge is 2.37. The standard InChI is InChI=1S/C24H23N3O4/c1-3-13-26-15-16(19-7-5-6-8-21(19)26)14-20-22(28)25-24(30)27(23(20)29)17-9-11-18(12-10-17)31-4-2/h5-12,14-15H,3-4,13H2,1-2H3,(H,25,28,30). The molecule has 0 radical (unpaired) electrons. The van der Waals surface area contributed by atoms with Crippen LogP contribution in [0.15, 0.2) is 60.3 Å². The van der Waals surface area contributed by atoms with Crippen LogP contribution >= 0.6 is 0 Å². The Bertz CT molecular complexity index is 1190. The quantitative estimate of drug-likeness (QED) is 0.483. The number of carbonyl (C=O) groups excluding carboxylic acids is 3. The minimum atomic E-state index is -0.773. The van der Waals surface area contributed by atoms with E-state index in [0.717, 1.165) is 34.3 Å². The lowest BCUT2D eigenvalue weighted by molar-refractivity contribution is -0.122. The molecule has 1 aromatic heterocycles. The van der Waals surface area contributed by atoms with Crippen LogP contribution in [0.3, 0.4) is 0 Å². The third-order valence-electron chi connectivity index (χ3n) is 5.09. The summed E-state index contributed by atoms with van der Waals surface area (Å²) in [6.45, 7) is 5.29. The first-order chi connectivity index (χ1) is 15.0. The molecular formula is C24H23N3O4. The van der Waals surface area contributed by atoms with Gasteiger partial charge >= 0.3 is 6.03 Å². The van der Waals surface area contributed by atoms with Gasteiger partial charge in [-0.2, -0.15) is 0 Å². The summed E-state index contributed by atoms with van der Waals surface area (Å²) >= 11 is 0. The number of carbonyl (C=O) groups is 3. The van der Waals surface area contributed by atoms with Crippen molar-refractivity contribution in [1.29, 1.82) is 0 Å². The average molecular weight is 417 g/mol. The van der Waals surface area contributed by atoms with Crippen LogP contribution < -0.4 is 15.0 Å². The van der Waals surface area contributed by atoms with Gasteiger partial charge in [-0.25, -0.2) is 9.69 Å². The fourth-order valence-electron chi connectivity index (χ4n) is 3.72. The van der Waals surface area contributed by atoms with Crippen molar-refractivity contribution in [3.8, 4) is 5.75 Å². The fourth-order valence-corrected chi connectivity index (χ4v) is 3.72. The molecule has 158 valence electrons. The number of rotatable bonds is 6. The Morgan fingerprint density at radius 1 is 1.00 bits per heavy atom. The molecule has 2 heterocycles. The number of ether oxygens (including phenoxy) is 1. The number of nitrogens with one attached hydrogen (secondary N) is 1. The predicted molar refractivity (Wildman–Crippen MR) is 119 cm³/mol. The first kappa shape index (κ1) is 20.4. The molecule has 1 saturated heterocycles. The van der Waals surface area contributed by atoms with E-state index in [0.29, 0.717) is 18.0 Å². The van der Waals surface area contributed by atoms with Crippen LogP contribution in [-0.2, 0) is 16.1 Å². The van der Waals surface area contributed by atoms with E-state index in [1.807, 2.05) is 37.4 Å². The third kappa shape index (κ3) is 3.82. The molecule has 1 aliphatic heterocycles. The molecule has 1 aliphatic rings. The Kier molecular flexibility index (Phi) is 5.58. The monoisotopic (exact) mass is 417 g/mol. The number of nitrogens with zero attached hydrogens (tertiary/aromatic N) is 2. The summed E-state index contributed by atoms with van der Waals surface area (Å²) in [5.74, 6) is -0.735. The number of fused-ring (bicyclic) bond motifs is 1. The third-order valence-corrected chi connectivity index (χ3v) is 5.09. The van der Waals surface area contributed by atoms with Gasteiger partial charge < -0.3 is 9.30 Å². The van der Waals surface area contributed by atoms with E-state index in [9.17, 15) is 14.4 Å². The summed E-state index contributed by atoms with van der Waals surface area (Å²) in [6, 6.07) is 13.6. The zero-order valence-corrected chi connectivity index (χ0v) is 17.4. The minimum Gasteiger partial charge on any atom is -0.494 e. The second kappa shape index (κ2) is 8.47. The number of barbiturate groups is 1. The lowest BCUT2D eigenvalue weighted by Gasteiger charge is -2.26. The molecule has 7 nitrogen and oxygen atoms in total. The molecule has 4 amide bonds. The van der Waals surface area contributed by atoms with Crippen molar-refractivity contribution >= 4 is 40.5 Å². The maximum Gasteiger partial charge on any atom is 0.335 e. The molecule has 0 aliphatic carbocycles. The van der Waals surface area contributed by atoms with Crippen molar-refractivity contribution in [3.63, 3.8) is 0 Å². The number of para-hydroxylation sites is 1. The molecule has 0 saturated carbocycles. The SMILES string of the molecule is CCCn1cc(C=C2C(=O)NC(=O)N(c3ccc(OCC)cc3)C2=O)c2ccccc21. The summed E-state index contributed by atoms with van der Waals surface area (Å²) in [6.07, 6.45) is 4.44. The number of aromatic nitrogens is 1. The number of urea groups is 1. The van der Waals surface area contributed by atoms with Gasteiger partial charge in [-0.05, 0) is 49.8 Å². The molecule has 0 unspecified atom stereocenters. The largest absolute Gasteiger partial charge is 0.494 e. The molecule has 0 bridgehead atoms. The Morgan fingerprint density at radius 2 is 1.74 bits per heavy atom. The van der Waals surface area contributed by atoms with Crippen LogP contribution in [0.5, 0.6) is 5.75 Å². The average Bonchev–Trinajstić information content (AvgIpc) is 3.10. The number of anilines is 1. The molecule has 2 aromatic carbocycles. The Hall–Kier alpha value is -3.87. The highest BCUT2D eigenvalue weighted by atomic mass is 16.5. The summed E-state index contributed by atoms with van der Waals surface area (Å²) in [4.78, 5) is 39.1. The molecule has 0 spiro atoms. The molecule has 3 aromatic rings. The maximum absolute atomic E-state index is 13.2. The van der Waals surface area contributed by atoms with Crippen LogP contribution in [0.25, 0.3) is 17.0 Å². The van der Waals surface area contributed by atoms with E-state index in [1.54, 1.807) is 30.3 Å².